The topological polar surface area (TPSA) is 155 Å². The van der Waals surface area contributed by atoms with Crippen LogP contribution in [0.4, 0.5) is 21.9 Å². The van der Waals surface area contributed by atoms with Crippen LogP contribution in [0.25, 0.3) is 0 Å². The highest BCUT2D eigenvalue weighted by Crippen LogP contribution is 2.28. The summed E-state index contributed by atoms with van der Waals surface area (Å²) in [5, 5.41) is 27.1. The first-order valence-electron chi connectivity index (χ1n) is 8.89. The van der Waals surface area contributed by atoms with E-state index in [2.05, 4.69) is 10.6 Å². The molecule has 12 nitrogen and oxygen atoms in total. The molecule has 29 heavy (non-hydrogen) atoms. The van der Waals surface area contributed by atoms with E-state index in [-0.39, 0.29) is 30.2 Å². The number of alkyl carbamates (subject to hydrolysis) is 1. The fourth-order valence-electron chi connectivity index (χ4n) is 2.05. The maximum absolute atomic E-state index is 11.4. The van der Waals surface area contributed by atoms with Crippen molar-refractivity contribution in [3.05, 3.63) is 38.4 Å². The smallest absolute Gasteiger partial charge is 0.407 e. The van der Waals surface area contributed by atoms with Crippen LogP contribution in [-0.2, 0) is 14.2 Å². The SMILES string of the molecule is CC(C)(C)OC(=O)NCCOCCOCCNc1ccc([N+](=O)[O-])cc1[N+](=O)[O-]. The molecule has 0 saturated carbocycles. The molecule has 0 aromatic heterocycles. The molecule has 1 aromatic rings. The summed E-state index contributed by atoms with van der Waals surface area (Å²) in [6, 6.07) is 3.38. The third-order valence-corrected chi connectivity index (χ3v) is 3.24. The van der Waals surface area contributed by atoms with Crippen LogP contribution in [0.15, 0.2) is 18.2 Å². The molecule has 0 aliphatic heterocycles. The Morgan fingerprint density at radius 3 is 2.17 bits per heavy atom. The van der Waals surface area contributed by atoms with Crippen LogP contribution < -0.4 is 10.6 Å². The number of hydrogen-bond acceptors (Lipinski definition) is 9. The van der Waals surface area contributed by atoms with Crippen molar-refractivity contribution in [1.29, 1.82) is 0 Å². The molecule has 0 bridgehead atoms. The number of non-ortho nitro benzene ring substituents is 1. The standard InChI is InChI=1S/C17H26N4O8/c1-17(2,3)29-16(22)19-7-9-28-11-10-27-8-6-18-14-5-4-13(20(23)24)12-15(14)21(25)26/h4-5,12,18H,6-11H2,1-3H3,(H,19,22). The molecule has 12 heteroatoms. The molecule has 0 aliphatic rings. The van der Waals surface area contributed by atoms with Gasteiger partial charge in [0, 0.05) is 19.2 Å². The zero-order valence-corrected chi connectivity index (χ0v) is 16.6. The fourth-order valence-corrected chi connectivity index (χ4v) is 2.05. The van der Waals surface area contributed by atoms with Gasteiger partial charge >= 0.3 is 6.09 Å². The zero-order valence-electron chi connectivity index (χ0n) is 16.6. The van der Waals surface area contributed by atoms with Gasteiger partial charge in [-0.15, -0.1) is 0 Å². The molecule has 0 fully saturated rings. The van der Waals surface area contributed by atoms with E-state index in [0.29, 0.717) is 26.4 Å². The van der Waals surface area contributed by atoms with Crippen molar-refractivity contribution in [1.82, 2.24) is 5.32 Å². The lowest BCUT2D eigenvalue weighted by Gasteiger charge is -2.19. The fraction of sp³-hybridized carbons (Fsp3) is 0.588. The van der Waals surface area contributed by atoms with Crippen LogP contribution in [-0.4, -0.2) is 61.1 Å². The molecule has 0 aliphatic carbocycles. The summed E-state index contributed by atoms with van der Waals surface area (Å²) < 4.78 is 15.7. The number of hydrogen-bond donors (Lipinski definition) is 2. The summed E-state index contributed by atoms with van der Waals surface area (Å²) in [7, 11) is 0. The van der Waals surface area contributed by atoms with Crippen molar-refractivity contribution in [3.63, 3.8) is 0 Å². The minimum absolute atomic E-state index is 0.175. The number of nitrogens with zero attached hydrogens (tertiary/aromatic N) is 2. The number of carbonyl (C=O) groups is 1. The largest absolute Gasteiger partial charge is 0.444 e. The van der Waals surface area contributed by atoms with Gasteiger partial charge in [-0.05, 0) is 26.8 Å². The van der Waals surface area contributed by atoms with Gasteiger partial charge in [0.05, 0.1) is 42.3 Å². The Balaban J connectivity index is 2.15. The van der Waals surface area contributed by atoms with E-state index in [1.165, 1.54) is 12.1 Å². The van der Waals surface area contributed by atoms with Gasteiger partial charge in [0.15, 0.2) is 0 Å². The van der Waals surface area contributed by atoms with Gasteiger partial charge in [-0.25, -0.2) is 4.79 Å². The van der Waals surface area contributed by atoms with Crippen molar-refractivity contribution in [2.45, 2.75) is 26.4 Å². The number of nitro benzene ring substituents is 2. The van der Waals surface area contributed by atoms with Crippen molar-refractivity contribution in [2.75, 3.05) is 44.8 Å². The van der Waals surface area contributed by atoms with E-state index in [1.807, 2.05) is 0 Å². The van der Waals surface area contributed by atoms with Crippen molar-refractivity contribution in [2.24, 2.45) is 0 Å². The number of amides is 1. The number of nitrogens with one attached hydrogen (secondary N) is 2. The van der Waals surface area contributed by atoms with Gasteiger partial charge in [-0.3, -0.25) is 20.2 Å². The van der Waals surface area contributed by atoms with Crippen LogP contribution in [0.3, 0.4) is 0 Å². The number of rotatable bonds is 12. The Labute approximate surface area is 167 Å². The van der Waals surface area contributed by atoms with E-state index >= 15 is 0 Å². The van der Waals surface area contributed by atoms with Crippen LogP contribution >= 0.6 is 0 Å². The van der Waals surface area contributed by atoms with Crippen molar-refractivity contribution < 1.29 is 28.9 Å². The van der Waals surface area contributed by atoms with Gasteiger partial charge in [-0.1, -0.05) is 0 Å². The molecule has 0 unspecified atom stereocenters. The van der Waals surface area contributed by atoms with Crippen LogP contribution in [0.5, 0.6) is 0 Å². The minimum Gasteiger partial charge on any atom is -0.444 e. The molecule has 162 valence electrons. The van der Waals surface area contributed by atoms with Gasteiger partial charge in [0.2, 0.25) is 0 Å². The molecule has 1 aromatic carbocycles. The monoisotopic (exact) mass is 414 g/mol. The molecule has 2 N–H and O–H groups in total. The third-order valence-electron chi connectivity index (χ3n) is 3.24. The Hall–Kier alpha value is -2.99. The number of benzene rings is 1. The molecule has 0 atom stereocenters. The predicted molar refractivity (Wildman–Crippen MR) is 104 cm³/mol. The maximum atomic E-state index is 11.4. The average molecular weight is 414 g/mol. The molecule has 0 heterocycles. The number of ether oxygens (including phenoxy) is 3. The number of anilines is 1. The lowest BCUT2D eigenvalue weighted by atomic mass is 10.2. The molecule has 0 saturated heterocycles. The molecular weight excluding hydrogens is 388 g/mol. The Kier molecular flexibility index (Phi) is 9.75. The molecule has 1 amide bonds. The summed E-state index contributed by atoms with van der Waals surface area (Å²) in [5.74, 6) is 0. The molecule has 0 spiro atoms. The Morgan fingerprint density at radius 1 is 1.00 bits per heavy atom. The first-order chi connectivity index (χ1) is 13.6. The van der Waals surface area contributed by atoms with Gasteiger partial charge in [0.1, 0.15) is 11.3 Å². The highest BCUT2D eigenvalue weighted by Gasteiger charge is 2.19. The van der Waals surface area contributed by atoms with Crippen LogP contribution in [0.2, 0.25) is 0 Å². The lowest BCUT2D eigenvalue weighted by Crippen LogP contribution is -2.34. The number of nitro groups is 2. The lowest BCUT2D eigenvalue weighted by molar-refractivity contribution is -0.393. The highest BCUT2D eigenvalue weighted by molar-refractivity contribution is 5.67. The summed E-state index contributed by atoms with van der Waals surface area (Å²) in [6.45, 7) is 7.08. The first kappa shape index (κ1) is 24.0. The zero-order chi connectivity index (χ0) is 21.9. The van der Waals surface area contributed by atoms with Gasteiger partial charge < -0.3 is 24.8 Å². The van der Waals surface area contributed by atoms with Crippen molar-refractivity contribution >= 4 is 23.2 Å². The minimum atomic E-state index is -0.692. The molecular formula is C17H26N4O8. The third kappa shape index (κ3) is 10.2. The number of carbonyl (C=O) groups excluding carboxylic acids is 1. The second-order valence-corrected chi connectivity index (χ2v) is 6.80. The van der Waals surface area contributed by atoms with Crippen molar-refractivity contribution in [3.8, 4) is 0 Å². The highest BCUT2D eigenvalue weighted by atomic mass is 16.6. The molecule has 0 radical (unpaired) electrons. The maximum Gasteiger partial charge on any atom is 0.407 e. The van der Waals surface area contributed by atoms with E-state index < -0.39 is 21.5 Å². The summed E-state index contributed by atoms with van der Waals surface area (Å²) in [4.78, 5) is 31.8. The van der Waals surface area contributed by atoms with E-state index in [9.17, 15) is 25.0 Å². The normalized spacial score (nSPS) is 11.0. The summed E-state index contributed by atoms with van der Waals surface area (Å²) in [5.41, 5.74) is -1.10. The van der Waals surface area contributed by atoms with Gasteiger partial charge in [-0.2, -0.15) is 0 Å². The van der Waals surface area contributed by atoms with E-state index in [1.54, 1.807) is 20.8 Å². The Bertz CT molecular complexity index is 705. The van der Waals surface area contributed by atoms with Gasteiger partial charge in [0.25, 0.3) is 11.4 Å². The first-order valence-corrected chi connectivity index (χ1v) is 8.89. The second kappa shape index (κ2) is 11.8. The summed E-state index contributed by atoms with van der Waals surface area (Å²) in [6.07, 6.45) is -0.510. The van der Waals surface area contributed by atoms with E-state index in [0.717, 1.165) is 6.07 Å². The van der Waals surface area contributed by atoms with Crippen LogP contribution in [0, 0.1) is 20.2 Å². The second-order valence-electron chi connectivity index (χ2n) is 6.80. The summed E-state index contributed by atoms with van der Waals surface area (Å²) >= 11 is 0. The Morgan fingerprint density at radius 2 is 1.62 bits per heavy atom. The quantitative estimate of drug-likeness (QED) is 0.298. The molecule has 1 rings (SSSR count). The van der Waals surface area contributed by atoms with E-state index in [4.69, 9.17) is 14.2 Å². The average Bonchev–Trinajstić information content (AvgIpc) is 2.61. The van der Waals surface area contributed by atoms with Crippen LogP contribution in [0.1, 0.15) is 20.8 Å². The predicted octanol–water partition coefficient (Wildman–Crippen LogP) is 2.47.